The molecular formula is C12H21N3O2. The van der Waals surface area contributed by atoms with Gasteiger partial charge >= 0.3 is 0 Å². The molecular weight excluding hydrogens is 218 g/mol. The van der Waals surface area contributed by atoms with Gasteiger partial charge in [0.25, 0.3) is 0 Å². The summed E-state index contributed by atoms with van der Waals surface area (Å²) >= 11 is 0. The lowest BCUT2D eigenvalue weighted by molar-refractivity contribution is -0.138. The van der Waals surface area contributed by atoms with Gasteiger partial charge in [-0.2, -0.15) is 0 Å². The smallest absolute Gasteiger partial charge is 0.239 e. The summed E-state index contributed by atoms with van der Waals surface area (Å²) in [4.78, 5) is 27.5. The number of ketones is 1. The summed E-state index contributed by atoms with van der Waals surface area (Å²) < 4.78 is 0. The monoisotopic (exact) mass is 239 g/mol. The molecule has 5 nitrogen and oxygen atoms in total. The van der Waals surface area contributed by atoms with Crippen molar-refractivity contribution in [2.24, 2.45) is 0 Å². The maximum Gasteiger partial charge on any atom is 0.239 e. The average molecular weight is 239 g/mol. The summed E-state index contributed by atoms with van der Waals surface area (Å²) in [5.74, 6) is 0.531. The highest BCUT2D eigenvalue weighted by atomic mass is 16.2. The van der Waals surface area contributed by atoms with Gasteiger partial charge in [0.2, 0.25) is 5.91 Å². The summed E-state index contributed by atoms with van der Waals surface area (Å²) in [6.45, 7) is 6.80. The second-order valence-electron chi connectivity index (χ2n) is 4.83. The van der Waals surface area contributed by atoms with E-state index in [-0.39, 0.29) is 11.9 Å². The molecule has 2 aliphatic rings. The van der Waals surface area contributed by atoms with Crippen molar-refractivity contribution in [1.29, 1.82) is 0 Å². The van der Waals surface area contributed by atoms with Gasteiger partial charge in [0, 0.05) is 52.1 Å². The van der Waals surface area contributed by atoms with Crippen LogP contribution in [0.3, 0.4) is 0 Å². The lowest BCUT2D eigenvalue weighted by atomic mass is 10.1. The van der Waals surface area contributed by atoms with Crippen LogP contribution in [0, 0.1) is 0 Å². The first-order valence-electron chi connectivity index (χ1n) is 6.44. The normalized spacial score (nSPS) is 24.8. The van der Waals surface area contributed by atoms with E-state index in [1.165, 1.54) is 0 Å². The third kappa shape index (κ3) is 3.04. The van der Waals surface area contributed by atoms with Crippen molar-refractivity contribution in [3.63, 3.8) is 0 Å². The molecule has 2 rings (SSSR count). The Hall–Kier alpha value is -0.940. The molecule has 0 aromatic heterocycles. The molecule has 0 aliphatic carbocycles. The Labute approximate surface area is 102 Å². The number of rotatable bonds is 2. The van der Waals surface area contributed by atoms with Gasteiger partial charge in [-0.1, -0.05) is 0 Å². The van der Waals surface area contributed by atoms with Crippen molar-refractivity contribution in [3.05, 3.63) is 0 Å². The number of piperidine rings is 1. The van der Waals surface area contributed by atoms with E-state index in [1.807, 2.05) is 11.8 Å². The Kier molecular flexibility index (Phi) is 4.12. The fourth-order valence-corrected chi connectivity index (χ4v) is 2.47. The number of amides is 1. The number of carbonyl (C=O) groups is 2. The van der Waals surface area contributed by atoms with Crippen molar-refractivity contribution in [2.75, 3.05) is 39.3 Å². The Morgan fingerprint density at radius 3 is 2.35 bits per heavy atom. The van der Waals surface area contributed by atoms with Crippen LogP contribution in [0.4, 0.5) is 0 Å². The highest BCUT2D eigenvalue weighted by Crippen LogP contribution is 2.12. The molecule has 1 atom stereocenters. The molecule has 17 heavy (non-hydrogen) atoms. The highest BCUT2D eigenvalue weighted by Gasteiger charge is 2.29. The topological polar surface area (TPSA) is 52.7 Å². The van der Waals surface area contributed by atoms with E-state index in [9.17, 15) is 9.59 Å². The second kappa shape index (κ2) is 5.60. The molecule has 96 valence electrons. The van der Waals surface area contributed by atoms with Crippen LogP contribution in [0.15, 0.2) is 0 Å². The van der Waals surface area contributed by atoms with Crippen LogP contribution in [0.2, 0.25) is 0 Å². The number of hydrogen-bond acceptors (Lipinski definition) is 4. The molecule has 2 fully saturated rings. The second-order valence-corrected chi connectivity index (χ2v) is 4.83. The van der Waals surface area contributed by atoms with E-state index in [1.54, 1.807) is 0 Å². The molecule has 2 aliphatic heterocycles. The molecule has 2 saturated heterocycles. The predicted octanol–water partition coefficient (Wildman–Crippen LogP) is -0.528. The summed E-state index contributed by atoms with van der Waals surface area (Å²) in [5, 5.41) is 3.24. The van der Waals surface area contributed by atoms with Crippen LogP contribution in [0.5, 0.6) is 0 Å². The van der Waals surface area contributed by atoms with Gasteiger partial charge in [0.05, 0.1) is 6.04 Å². The molecule has 1 unspecified atom stereocenters. The number of Topliss-reactive ketones (excluding diaryl/α,β-unsaturated/α-hetero) is 1. The standard InChI is InChI=1S/C12H21N3O2/c1-10(14-6-2-11(16)3-7-14)12(17)15-8-4-13-5-9-15/h10,13H,2-9H2,1H3. The highest BCUT2D eigenvalue weighted by molar-refractivity contribution is 5.83. The summed E-state index contributed by atoms with van der Waals surface area (Å²) in [5.41, 5.74) is 0. The van der Waals surface area contributed by atoms with E-state index in [2.05, 4.69) is 10.2 Å². The molecule has 1 N–H and O–H groups in total. The van der Waals surface area contributed by atoms with Gasteiger partial charge in [0.15, 0.2) is 0 Å². The summed E-state index contributed by atoms with van der Waals surface area (Å²) in [6, 6.07) is -0.0822. The van der Waals surface area contributed by atoms with Gasteiger partial charge in [-0.25, -0.2) is 0 Å². The van der Waals surface area contributed by atoms with E-state index in [4.69, 9.17) is 0 Å². The molecule has 0 bridgehead atoms. The van der Waals surface area contributed by atoms with Crippen LogP contribution >= 0.6 is 0 Å². The van der Waals surface area contributed by atoms with Crippen LogP contribution in [0.1, 0.15) is 19.8 Å². The van der Waals surface area contributed by atoms with Crippen molar-refractivity contribution in [1.82, 2.24) is 15.1 Å². The van der Waals surface area contributed by atoms with Crippen LogP contribution in [0.25, 0.3) is 0 Å². The average Bonchev–Trinajstić information content (AvgIpc) is 2.39. The zero-order chi connectivity index (χ0) is 12.3. The van der Waals surface area contributed by atoms with E-state index in [0.29, 0.717) is 18.6 Å². The molecule has 0 aromatic carbocycles. The minimum atomic E-state index is -0.0822. The zero-order valence-corrected chi connectivity index (χ0v) is 10.4. The summed E-state index contributed by atoms with van der Waals surface area (Å²) in [7, 11) is 0. The van der Waals surface area contributed by atoms with Crippen molar-refractivity contribution >= 4 is 11.7 Å². The van der Waals surface area contributed by atoms with Gasteiger partial charge < -0.3 is 10.2 Å². The Bertz CT molecular complexity index is 290. The first-order valence-corrected chi connectivity index (χ1v) is 6.44. The fourth-order valence-electron chi connectivity index (χ4n) is 2.47. The van der Waals surface area contributed by atoms with Crippen LogP contribution in [-0.2, 0) is 9.59 Å². The fraction of sp³-hybridized carbons (Fsp3) is 0.833. The molecule has 0 aromatic rings. The first kappa shape index (κ1) is 12.5. The number of nitrogens with zero attached hydrogens (tertiary/aromatic N) is 2. The van der Waals surface area contributed by atoms with E-state index >= 15 is 0 Å². The minimum Gasteiger partial charge on any atom is -0.339 e. The lowest BCUT2D eigenvalue weighted by Crippen LogP contribution is -2.54. The van der Waals surface area contributed by atoms with Crippen LogP contribution in [-0.4, -0.2) is 66.8 Å². The first-order chi connectivity index (χ1) is 8.18. The molecule has 0 saturated carbocycles. The Morgan fingerprint density at radius 1 is 1.18 bits per heavy atom. The third-order valence-corrected chi connectivity index (χ3v) is 3.69. The predicted molar refractivity (Wildman–Crippen MR) is 64.7 cm³/mol. The van der Waals surface area contributed by atoms with Crippen molar-refractivity contribution in [2.45, 2.75) is 25.8 Å². The SMILES string of the molecule is CC(C(=O)N1CCNCC1)N1CCC(=O)CC1. The van der Waals surface area contributed by atoms with Gasteiger partial charge in [-0.3, -0.25) is 14.5 Å². The quantitative estimate of drug-likeness (QED) is 0.704. The third-order valence-electron chi connectivity index (χ3n) is 3.69. The number of carbonyl (C=O) groups excluding carboxylic acids is 2. The Morgan fingerprint density at radius 2 is 1.76 bits per heavy atom. The van der Waals surface area contributed by atoms with E-state index in [0.717, 1.165) is 39.3 Å². The van der Waals surface area contributed by atoms with Gasteiger partial charge in [-0.15, -0.1) is 0 Å². The molecule has 0 spiro atoms. The van der Waals surface area contributed by atoms with E-state index < -0.39 is 0 Å². The molecule has 0 radical (unpaired) electrons. The maximum absolute atomic E-state index is 12.3. The minimum absolute atomic E-state index is 0.0822. The number of likely N-dealkylation sites (tertiary alicyclic amines) is 1. The van der Waals surface area contributed by atoms with Gasteiger partial charge in [0.1, 0.15) is 5.78 Å². The number of piperazine rings is 1. The number of nitrogens with one attached hydrogen (secondary N) is 1. The van der Waals surface area contributed by atoms with Gasteiger partial charge in [-0.05, 0) is 6.92 Å². The largest absolute Gasteiger partial charge is 0.339 e. The molecule has 5 heteroatoms. The maximum atomic E-state index is 12.3. The van der Waals surface area contributed by atoms with Crippen molar-refractivity contribution in [3.8, 4) is 0 Å². The summed E-state index contributed by atoms with van der Waals surface area (Å²) in [6.07, 6.45) is 1.19. The number of hydrogen-bond donors (Lipinski definition) is 1. The Balaban J connectivity index is 1.87. The molecule has 2 heterocycles. The van der Waals surface area contributed by atoms with Crippen molar-refractivity contribution < 1.29 is 9.59 Å². The zero-order valence-electron chi connectivity index (χ0n) is 10.4. The molecule has 1 amide bonds. The lowest BCUT2D eigenvalue weighted by Gasteiger charge is -2.36. The van der Waals surface area contributed by atoms with Crippen LogP contribution < -0.4 is 5.32 Å².